The number of rotatable bonds is 6. The van der Waals surface area contributed by atoms with Gasteiger partial charge in [-0.3, -0.25) is 0 Å². The number of aryl methyl sites for hydroxylation is 2. The maximum absolute atomic E-state index is 8.52. The average molecular weight is 230 g/mol. The van der Waals surface area contributed by atoms with E-state index in [4.69, 9.17) is 9.68 Å². The smallest absolute Gasteiger partial charge is 0.198 e. The summed E-state index contributed by atoms with van der Waals surface area (Å²) in [5, 5.41) is 8.52. The quantitative estimate of drug-likeness (QED) is 0.703. The predicted octanol–water partition coefficient (Wildman–Crippen LogP) is 3.50. The topological polar surface area (TPSA) is 49.8 Å². The van der Waals surface area contributed by atoms with Gasteiger partial charge in [0.2, 0.25) is 0 Å². The number of hydrogen-bond donors (Lipinski definition) is 0. The molecule has 0 aliphatic heterocycles. The number of oxazole rings is 1. The van der Waals surface area contributed by atoms with Crippen molar-refractivity contribution in [3.63, 3.8) is 0 Å². The van der Waals surface area contributed by atoms with Gasteiger partial charge in [0.1, 0.15) is 5.76 Å². The van der Waals surface area contributed by atoms with Gasteiger partial charge in [-0.15, -0.1) is 0 Å². The van der Waals surface area contributed by atoms with E-state index in [-0.39, 0.29) is 0 Å². The standard InChI is InChI=1S/C14H18N2O/c1-3-4-5-6-7-10-14-16-13(9-8-11-15)12(2)17-14/h4-7H,3,8-10H2,1-2H3/b5-4-,7-6-. The number of allylic oxidation sites excluding steroid dienone is 4. The molecular weight excluding hydrogens is 212 g/mol. The molecule has 0 radical (unpaired) electrons. The highest BCUT2D eigenvalue weighted by atomic mass is 16.4. The second kappa shape index (κ2) is 7.45. The van der Waals surface area contributed by atoms with E-state index in [0.717, 1.165) is 23.8 Å². The minimum atomic E-state index is 0.488. The van der Waals surface area contributed by atoms with Gasteiger partial charge in [0.15, 0.2) is 5.89 Å². The van der Waals surface area contributed by atoms with E-state index in [1.165, 1.54) is 0 Å². The zero-order valence-corrected chi connectivity index (χ0v) is 10.4. The van der Waals surface area contributed by atoms with Crippen LogP contribution in [0.4, 0.5) is 0 Å². The van der Waals surface area contributed by atoms with Gasteiger partial charge in [0.25, 0.3) is 0 Å². The summed E-state index contributed by atoms with van der Waals surface area (Å²) in [6, 6.07) is 2.11. The molecule has 3 heteroatoms. The molecule has 0 N–H and O–H groups in total. The molecule has 0 atom stereocenters. The zero-order valence-electron chi connectivity index (χ0n) is 10.4. The average Bonchev–Trinajstić information content (AvgIpc) is 2.67. The third-order valence-electron chi connectivity index (χ3n) is 2.32. The summed E-state index contributed by atoms with van der Waals surface area (Å²) in [5.74, 6) is 1.55. The first-order valence-corrected chi connectivity index (χ1v) is 5.91. The van der Waals surface area contributed by atoms with Crippen LogP contribution in [0.5, 0.6) is 0 Å². The van der Waals surface area contributed by atoms with E-state index >= 15 is 0 Å². The summed E-state index contributed by atoms with van der Waals surface area (Å²) in [6.45, 7) is 3.99. The third kappa shape index (κ3) is 4.69. The molecular formula is C14H18N2O. The van der Waals surface area contributed by atoms with Gasteiger partial charge in [-0.2, -0.15) is 5.26 Å². The minimum absolute atomic E-state index is 0.488. The molecule has 1 aromatic heterocycles. The highest BCUT2D eigenvalue weighted by Gasteiger charge is 2.07. The largest absolute Gasteiger partial charge is 0.445 e. The van der Waals surface area contributed by atoms with Crippen LogP contribution in [0.2, 0.25) is 0 Å². The summed E-state index contributed by atoms with van der Waals surface area (Å²) >= 11 is 0. The molecule has 0 amide bonds. The molecule has 0 saturated carbocycles. The van der Waals surface area contributed by atoms with E-state index in [1.807, 2.05) is 25.2 Å². The zero-order chi connectivity index (χ0) is 12.5. The fourth-order valence-electron chi connectivity index (χ4n) is 1.44. The van der Waals surface area contributed by atoms with Gasteiger partial charge in [-0.25, -0.2) is 4.98 Å². The van der Waals surface area contributed by atoms with Crippen LogP contribution in [-0.4, -0.2) is 4.98 Å². The lowest BCUT2D eigenvalue weighted by Gasteiger charge is -1.87. The first kappa shape index (κ1) is 13.2. The normalized spacial score (nSPS) is 11.4. The molecule has 1 rings (SSSR count). The Kier molecular flexibility index (Phi) is 5.81. The van der Waals surface area contributed by atoms with Gasteiger partial charge in [-0.05, 0) is 13.3 Å². The number of nitriles is 1. The highest BCUT2D eigenvalue weighted by molar-refractivity contribution is 5.12. The summed E-state index contributed by atoms with van der Waals surface area (Å²) in [6.07, 6.45) is 11.0. The molecule has 1 aromatic rings. The fourth-order valence-corrected chi connectivity index (χ4v) is 1.44. The Bertz CT molecular complexity index is 436. The fraction of sp³-hybridized carbons (Fsp3) is 0.429. The van der Waals surface area contributed by atoms with Gasteiger partial charge in [0.05, 0.1) is 11.8 Å². The first-order valence-electron chi connectivity index (χ1n) is 5.91. The van der Waals surface area contributed by atoms with Crippen LogP contribution in [-0.2, 0) is 12.8 Å². The molecule has 90 valence electrons. The van der Waals surface area contributed by atoms with E-state index in [2.05, 4.69) is 24.1 Å². The molecule has 0 saturated heterocycles. The molecule has 1 heterocycles. The van der Waals surface area contributed by atoms with E-state index in [0.29, 0.717) is 19.3 Å². The lowest BCUT2D eigenvalue weighted by molar-refractivity contribution is 0.482. The third-order valence-corrected chi connectivity index (χ3v) is 2.32. The minimum Gasteiger partial charge on any atom is -0.445 e. The lowest BCUT2D eigenvalue weighted by atomic mass is 10.2. The molecule has 0 aliphatic carbocycles. The van der Waals surface area contributed by atoms with Crippen LogP contribution >= 0.6 is 0 Å². The summed E-state index contributed by atoms with van der Waals surface area (Å²) in [7, 11) is 0. The number of nitrogens with zero attached hydrogens (tertiary/aromatic N) is 2. The molecule has 3 nitrogen and oxygen atoms in total. The summed E-state index contributed by atoms with van der Waals surface area (Å²) in [4.78, 5) is 4.37. The van der Waals surface area contributed by atoms with E-state index in [9.17, 15) is 0 Å². The van der Waals surface area contributed by atoms with Crippen molar-refractivity contribution < 1.29 is 4.42 Å². The van der Waals surface area contributed by atoms with E-state index in [1.54, 1.807) is 0 Å². The van der Waals surface area contributed by atoms with Crippen LogP contribution in [0.15, 0.2) is 28.7 Å². The molecule has 0 aliphatic rings. The molecule has 17 heavy (non-hydrogen) atoms. The molecule has 0 bridgehead atoms. The van der Waals surface area contributed by atoms with Crippen molar-refractivity contribution in [3.05, 3.63) is 41.6 Å². The Morgan fingerprint density at radius 2 is 2.12 bits per heavy atom. The van der Waals surface area contributed by atoms with Crippen LogP contribution in [0.25, 0.3) is 0 Å². The Morgan fingerprint density at radius 1 is 1.35 bits per heavy atom. The van der Waals surface area contributed by atoms with Crippen molar-refractivity contribution in [3.8, 4) is 6.07 Å². The molecule has 0 fully saturated rings. The molecule has 0 aromatic carbocycles. The highest BCUT2D eigenvalue weighted by Crippen LogP contribution is 2.12. The maximum atomic E-state index is 8.52. The van der Waals surface area contributed by atoms with Crippen LogP contribution in [0, 0.1) is 18.3 Å². The van der Waals surface area contributed by atoms with Crippen LogP contribution in [0.3, 0.4) is 0 Å². The van der Waals surface area contributed by atoms with Gasteiger partial charge < -0.3 is 4.42 Å². The first-order chi connectivity index (χ1) is 8.27. The van der Waals surface area contributed by atoms with Gasteiger partial charge in [-0.1, -0.05) is 31.2 Å². The van der Waals surface area contributed by atoms with Crippen LogP contribution in [0.1, 0.15) is 37.1 Å². The second-order valence-electron chi connectivity index (χ2n) is 3.74. The Balaban J connectivity index is 2.52. The van der Waals surface area contributed by atoms with Gasteiger partial charge in [0, 0.05) is 19.3 Å². The monoisotopic (exact) mass is 230 g/mol. The van der Waals surface area contributed by atoms with Crippen molar-refractivity contribution in [2.45, 2.75) is 39.5 Å². The Hall–Kier alpha value is -1.82. The van der Waals surface area contributed by atoms with E-state index < -0.39 is 0 Å². The molecule has 0 unspecified atom stereocenters. The Morgan fingerprint density at radius 3 is 2.82 bits per heavy atom. The van der Waals surface area contributed by atoms with Crippen molar-refractivity contribution >= 4 is 0 Å². The van der Waals surface area contributed by atoms with Gasteiger partial charge >= 0.3 is 0 Å². The lowest BCUT2D eigenvalue weighted by Crippen LogP contribution is -1.87. The van der Waals surface area contributed by atoms with Crippen molar-refractivity contribution in [1.29, 1.82) is 5.26 Å². The molecule has 0 spiro atoms. The van der Waals surface area contributed by atoms with Crippen molar-refractivity contribution in [1.82, 2.24) is 4.98 Å². The second-order valence-corrected chi connectivity index (χ2v) is 3.74. The van der Waals surface area contributed by atoms with Crippen LogP contribution < -0.4 is 0 Å². The SMILES string of the molecule is CC/C=C\C=C/Cc1nc(CCC#N)c(C)o1. The predicted molar refractivity (Wildman–Crippen MR) is 67.4 cm³/mol. The number of aromatic nitrogens is 1. The number of hydrogen-bond acceptors (Lipinski definition) is 3. The Labute approximate surface area is 102 Å². The summed E-state index contributed by atoms with van der Waals surface area (Å²) in [5.41, 5.74) is 0.902. The van der Waals surface area contributed by atoms with Crippen molar-refractivity contribution in [2.24, 2.45) is 0 Å². The summed E-state index contributed by atoms with van der Waals surface area (Å²) < 4.78 is 5.52. The van der Waals surface area contributed by atoms with Crippen molar-refractivity contribution in [2.75, 3.05) is 0 Å². The maximum Gasteiger partial charge on any atom is 0.198 e.